The molecule has 1 atom stereocenters. The van der Waals surface area contributed by atoms with Gasteiger partial charge >= 0.3 is 5.97 Å². The van der Waals surface area contributed by atoms with Crippen LogP contribution in [0.4, 0.5) is 0 Å². The lowest BCUT2D eigenvalue weighted by Gasteiger charge is -2.15. The van der Waals surface area contributed by atoms with Gasteiger partial charge in [0.15, 0.2) is 0 Å². The Bertz CT molecular complexity index is 376. The fraction of sp³-hybridized carbons (Fsp3) is 0.462. The Balaban J connectivity index is 2.22. The van der Waals surface area contributed by atoms with Crippen molar-refractivity contribution in [2.45, 2.75) is 25.3 Å². The first-order valence-corrected chi connectivity index (χ1v) is 5.66. The molecular formula is C13H17NO2. The lowest BCUT2D eigenvalue weighted by Crippen LogP contribution is -2.13. The van der Waals surface area contributed by atoms with Crippen LogP contribution in [0.2, 0.25) is 0 Å². The highest BCUT2D eigenvalue weighted by Gasteiger charge is 2.20. The van der Waals surface area contributed by atoms with Gasteiger partial charge in [-0.05, 0) is 30.0 Å². The van der Waals surface area contributed by atoms with Gasteiger partial charge in [-0.15, -0.1) is 0 Å². The molecule has 16 heavy (non-hydrogen) atoms. The van der Waals surface area contributed by atoms with Crippen LogP contribution in [-0.4, -0.2) is 19.6 Å². The second kappa shape index (κ2) is 5.12. The van der Waals surface area contributed by atoms with Gasteiger partial charge < -0.3 is 10.1 Å². The molecule has 3 nitrogen and oxygen atoms in total. The molecule has 1 aliphatic heterocycles. The monoisotopic (exact) mass is 219 g/mol. The Morgan fingerprint density at radius 2 is 2.31 bits per heavy atom. The maximum absolute atomic E-state index is 11.4. The Morgan fingerprint density at radius 3 is 3.12 bits per heavy atom. The topological polar surface area (TPSA) is 38.3 Å². The summed E-state index contributed by atoms with van der Waals surface area (Å²) in [5.74, 6) is 0.167. The van der Waals surface area contributed by atoms with Crippen LogP contribution in [0, 0.1) is 0 Å². The summed E-state index contributed by atoms with van der Waals surface area (Å²) in [6.45, 7) is 1.85. The smallest absolute Gasteiger partial charge is 0.306 e. The van der Waals surface area contributed by atoms with E-state index in [0.717, 1.165) is 19.5 Å². The Labute approximate surface area is 95.8 Å². The van der Waals surface area contributed by atoms with Crippen molar-refractivity contribution in [3.8, 4) is 0 Å². The molecule has 1 N–H and O–H groups in total. The highest BCUT2D eigenvalue weighted by molar-refractivity contribution is 5.70. The van der Waals surface area contributed by atoms with E-state index >= 15 is 0 Å². The van der Waals surface area contributed by atoms with Crippen molar-refractivity contribution in [2.75, 3.05) is 13.7 Å². The molecule has 0 aromatic heterocycles. The van der Waals surface area contributed by atoms with E-state index in [-0.39, 0.29) is 5.97 Å². The third-order valence-electron chi connectivity index (χ3n) is 3.12. The molecule has 0 saturated carbocycles. The molecule has 1 aliphatic rings. The molecule has 0 fully saturated rings. The van der Waals surface area contributed by atoms with E-state index in [1.807, 2.05) is 12.1 Å². The minimum absolute atomic E-state index is 0.123. The summed E-state index contributed by atoms with van der Waals surface area (Å²) in [7, 11) is 1.45. The second-order valence-electron chi connectivity index (χ2n) is 4.14. The third-order valence-corrected chi connectivity index (χ3v) is 3.12. The molecule has 0 spiro atoms. The number of hydrogen-bond donors (Lipinski definition) is 1. The standard InChI is InChI=1S/C13H17NO2/c1-16-13(15)8-10-6-7-14-9-11-4-2-3-5-12(10)11/h2-5,10,14H,6-9H2,1H3/t10-/m0/s1. The van der Waals surface area contributed by atoms with E-state index in [2.05, 4.69) is 17.4 Å². The molecule has 0 unspecified atom stereocenters. The summed E-state index contributed by atoms with van der Waals surface area (Å²) in [6, 6.07) is 8.32. The molecule has 2 rings (SSSR count). The lowest BCUT2D eigenvalue weighted by atomic mass is 9.90. The average Bonchev–Trinajstić information content (AvgIpc) is 2.52. The predicted octanol–water partition coefficient (Wildman–Crippen LogP) is 1.83. The van der Waals surface area contributed by atoms with Crippen molar-refractivity contribution in [3.05, 3.63) is 35.4 Å². The van der Waals surface area contributed by atoms with Gasteiger partial charge in [0.2, 0.25) is 0 Å². The van der Waals surface area contributed by atoms with Gasteiger partial charge in [-0.2, -0.15) is 0 Å². The molecule has 3 heteroatoms. The highest BCUT2D eigenvalue weighted by Crippen LogP contribution is 2.28. The number of ether oxygens (including phenoxy) is 1. The summed E-state index contributed by atoms with van der Waals surface area (Å²) in [4.78, 5) is 11.4. The van der Waals surface area contributed by atoms with Gasteiger partial charge in [-0.3, -0.25) is 4.79 Å². The van der Waals surface area contributed by atoms with Crippen LogP contribution >= 0.6 is 0 Å². The van der Waals surface area contributed by atoms with Crippen LogP contribution in [-0.2, 0) is 16.1 Å². The number of methoxy groups -OCH3 is 1. The van der Waals surface area contributed by atoms with E-state index in [1.165, 1.54) is 18.2 Å². The number of benzene rings is 1. The zero-order chi connectivity index (χ0) is 11.4. The van der Waals surface area contributed by atoms with Crippen LogP contribution in [0.3, 0.4) is 0 Å². The molecule has 1 aromatic rings. The quantitative estimate of drug-likeness (QED) is 0.771. The van der Waals surface area contributed by atoms with E-state index in [0.29, 0.717) is 12.3 Å². The van der Waals surface area contributed by atoms with Gasteiger partial charge in [-0.1, -0.05) is 24.3 Å². The first-order chi connectivity index (χ1) is 7.81. The van der Waals surface area contributed by atoms with Crippen molar-refractivity contribution in [1.82, 2.24) is 5.32 Å². The molecule has 86 valence electrons. The summed E-state index contributed by atoms with van der Waals surface area (Å²) >= 11 is 0. The van der Waals surface area contributed by atoms with Gasteiger partial charge in [0.05, 0.1) is 13.5 Å². The SMILES string of the molecule is COC(=O)C[C@@H]1CCNCc2ccccc21. The van der Waals surface area contributed by atoms with Crippen molar-refractivity contribution in [3.63, 3.8) is 0 Å². The Hall–Kier alpha value is -1.35. The summed E-state index contributed by atoms with van der Waals surface area (Å²) in [6.07, 6.45) is 1.47. The van der Waals surface area contributed by atoms with Crippen LogP contribution in [0.5, 0.6) is 0 Å². The average molecular weight is 219 g/mol. The van der Waals surface area contributed by atoms with Crippen LogP contribution in [0.1, 0.15) is 29.9 Å². The van der Waals surface area contributed by atoms with Gasteiger partial charge in [-0.25, -0.2) is 0 Å². The summed E-state index contributed by atoms with van der Waals surface area (Å²) < 4.78 is 4.75. The molecule has 1 heterocycles. The zero-order valence-electron chi connectivity index (χ0n) is 9.53. The first-order valence-electron chi connectivity index (χ1n) is 5.66. The fourth-order valence-electron chi connectivity index (χ4n) is 2.24. The molecule has 0 bridgehead atoms. The minimum atomic E-state index is -0.123. The molecule has 0 saturated heterocycles. The minimum Gasteiger partial charge on any atom is -0.469 e. The van der Waals surface area contributed by atoms with E-state index in [9.17, 15) is 4.79 Å². The van der Waals surface area contributed by atoms with Gasteiger partial charge in [0.25, 0.3) is 0 Å². The van der Waals surface area contributed by atoms with Gasteiger partial charge in [0, 0.05) is 6.54 Å². The maximum atomic E-state index is 11.4. The summed E-state index contributed by atoms with van der Waals surface area (Å²) in [5, 5.41) is 3.37. The number of rotatable bonds is 2. The molecule has 1 aromatic carbocycles. The molecular weight excluding hydrogens is 202 g/mol. The normalized spacial score (nSPS) is 19.7. The zero-order valence-corrected chi connectivity index (χ0v) is 9.53. The number of carbonyl (C=O) groups excluding carboxylic acids is 1. The van der Waals surface area contributed by atoms with Crippen LogP contribution < -0.4 is 5.32 Å². The first kappa shape index (κ1) is 11.1. The number of hydrogen-bond acceptors (Lipinski definition) is 3. The van der Waals surface area contributed by atoms with Crippen molar-refractivity contribution < 1.29 is 9.53 Å². The Kier molecular flexibility index (Phi) is 3.57. The van der Waals surface area contributed by atoms with E-state index < -0.39 is 0 Å². The van der Waals surface area contributed by atoms with Crippen molar-refractivity contribution in [2.24, 2.45) is 0 Å². The molecule has 0 radical (unpaired) electrons. The Morgan fingerprint density at radius 1 is 1.50 bits per heavy atom. The summed E-state index contributed by atoms with van der Waals surface area (Å²) in [5.41, 5.74) is 2.59. The number of esters is 1. The largest absolute Gasteiger partial charge is 0.469 e. The lowest BCUT2D eigenvalue weighted by molar-refractivity contribution is -0.141. The number of nitrogens with one attached hydrogen (secondary N) is 1. The predicted molar refractivity (Wildman–Crippen MR) is 62.1 cm³/mol. The van der Waals surface area contributed by atoms with Crippen molar-refractivity contribution in [1.29, 1.82) is 0 Å². The van der Waals surface area contributed by atoms with Crippen LogP contribution in [0.15, 0.2) is 24.3 Å². The van der Waals surface area contributed by atoms with Crippen LogP contribution in [0.25, 0.3) is 0 Å². The highest BCUT2D eigenvalue weighted by atomic mass is 16.5. The number of carbonyl (C=O) groups is 1. The van der Waals surface area contributed by atoms with Crippen molar-refractivity contribution >= 4 is 5.97 Å². The van der Waals surface area contributed by atoms with Gasteiger partial charge in [0.1, 0.15) is 0 Å². The van der Waals surface area contributed by atoms with E-state index in [1.54, 1.807) is 0 Å². The molecule has 0 aliphatic carbocycles. The third kappa shape index (κ3) is 2.42. The fourth-order valence-corrected chi connectivity index (χ4v) is 2.24. The number of fused-ring (bicyclic) bond motifs is 1. The second-order valence-corrected chi connectivity index (χ2v) is 4.14. The molecule has 0 amide bonds. The van der Waals surface area contributed by atoms with E-state index in [4.69, 9.17) is 4.74 Å². The maximum Gasteiger partial charge on any atom is 0.306 e.